The van der Waals surface area contributed by atoms with Crippen molar-refractivity contribution in [3.05, 3.63) is 60.2 Å². The minimum Gasteiger partial charge on any atom is -0.384 e. The molecule has 0 aliphatic heterocycles. The quantitative estimate of drug-likeness (QED) is 0.706. The molecule has 0 heterocycles. The maximum Gasteiger partial charge on any atom is 0.103 e. The highest BCUT2D eigenvalue weighted by Gasteiger charge is 2.62. The van der Waals surface area contributed by atoms with E-state index in [2.05, 4.69) is 36.4 Å². The molecule has 16 heavy (non-hydrogen) atoms. The molecule has 1 nitrogen and oxygen atoms in total. The van der Waals surface area contributed by atoms with Gasteiger partial charge in [0.15, 0.2) is 0 Å². The summed E-state index contributed by atoms with van der Waals surface area (Å²) in [4.78, 5) is 0. The highest BCUT2D eigenvalue weighted by Crippen LogP contribution is 2.63. The van der Waals surface area contributed by atoms with Crippen LogP contribution in [0.25, 0.3) is 0 Å². The monoisotopic (exact) mass is 210 g/mol. The zero-order chi connectivity index (χ0) is 10.8. The third-order valence-electron chi connectivity index (χ3n) is 4.61. The second-order valence-corrected chi connectivity index (χ2v) is 5.17. The third-order valence-corrected chi connectivity index (χ3v) is 4.61. The number of allylic oxidation sites excluding steroid dienone is 2. The molecule has 1 fully saturated rings. The van der Waals surface area contributed by atoms with Crippen LogP contribution < -0.4 is 0 Å². The molecule has 0 saturated heterocycles. The van der Waals surface area contributed by atoms with Crippen molar-refractivity contribution in [3.8, 4) is 0 Å². The lowest BCUT2D eigenvalue weighted by Crippen LogP contribution is -2.39. The smallest absolute Gasteiger partial charge is 0.103 e. The summed E-state index contributed by atoms with van der Waals surface area (Å²) < 4.78 is 0. The van der Waals surface area contributed by atoms with Crippen molar-refractivity contribution in [2.45, 2.75) is 5.60 Å². The number of hydrogen-bond donors (Lipinski definition) is 1. The summed E-state index contributed by atoms with van der Waals surface area (Å²) >= 11 is 0. The van der Waals surface area contributed by atoms with Crippen LogP contribution in [-0.2, 0) is 5.60 Å². The third kappa shape index (κ3) is 0.791. The molecule has 4 rings (SSSR count). The van der Waals surface area contributed by atoms with Crippen LogP contribution in [0.3, 0.4) is 0 Å². The van der Waals surface area contributed by atoms with E-state index in [1.165, 1.54) is 0 Å². The fourth-order valence-electron chi connectivity index (χ4n) is 3.63. The number of rotatable bonds is 1. The first-order valence-electron chi connectivity index (χ1n) is 5.96. The van der Waals surface area contributed by atoms with E-state index in [0.29, 0.717) is 23.7 Å². The van der Waals surface area contributed by atoms with Gasteiger partial charge in [-0.05, 0) is 17.4 Å². The summed E-state index contributed by atoms with van der Waals surface area (Å²) in [5.41, 5.74) is 0.423. The number of benzene rings is 1. The molecule has 4 atom stereocenters. The second kappa shape index (κ2) is 2.67. The highest BCUT2D eigenvalue weighted by atomic mass is 16.3. The van der Waals surface area contributed by atoms with Gasteiger partial charge in [0.1, 0.15) is 5.60 Å². The average molecular weight is 210 g/mol. The van der Waals surface area contributed by atoms with E-state index in [0.717, 1.165) is 5.56 Å². The van der Waals surface area contributed by atoms with E-state index in [1.54, 1.807) is 0 Å². The Hall–Kier alpha value is -1.34. The molecule has 3 aliphatic carbocycles. The molecule has 0 aromatic heterocycles. The lowest BCUT2D eigenvalue weighted by atomic mass is 9.72. The highest BCUT2D eigenvalue weighted by molar-refractivity contribution is 5.41. The second-order valence-electron chi connectivity index (χ2n) is 5.17. The van der Waals surface area contributed by atoms with E-state index in [1.807, 2.05) is 18.2 Å². The topological polar surface area (TPSA) is 20.2 Å². The number of fused-ring (bicyclic) bond motifs is 3. The van der Waals surface area contributed by atoms with Crippen molar-refractivity contribution in [1.82, 2.24) is 0 Å². The normalized spacial score (nSPS) is 46.8. The van der Waals surface area contributed by atoms with Crippen molar-refractivity contribution in [3.63, 3.8) is 0 Å². The van der Waals surface area contributed by atoms with Gasteiger partial charge in [0.05, 0.1) is 0 Å². The van der Waals surface area contributed by atoms with Crippen molar-refractivity contribution in [2.24, 2.45) is 23.7 Å². The van der Waals surface area contributed by atoms with Gasteiger partial charge < -0.3 is 5.11 Å². The van der Waals surface area contributed by atoms with Crippen LogP contribution in [0.5, 0.6) is 0 Å². The Morgan fingerprint density at radius 1 is 0.812 bits per heavy atom. The zero-order valence-electron chi connectivity index (χ0n) is 8.95. The van der Waals surface area contributed by atoms with Gasteiger partial charge >= 0.3 is 0 Å². The van der Waals surface area contributed by atoms with Crippen LogP contribution in [-0.4, -0.2) is 5.11 Å². The van der Waals surface area contributed by atoms with Gasteiger partial charge in [0.25, 0.3) is 0 Å². The van der Waals surface area contributed by atoms with Gasteiger partial charge in [-0.25, -0.2) is 0 Å². The Balaban J connectivity index is 1.87. The lowest BCUT2D eigenvalue weighted by Gasteiger charge is -2.37. The van der Waals surface area contributed by atoms with Crippen molar-refractivity contribution >= 4 is 0 Å². The predicted octanol–water partition coefficient (Wildman–Crippen LogP) is 2.49. The molecule has 80 valence electrons. The fraction of sp³-hybridized carbons (Fsp3) is 0.333. The van der Waals surface area contributed by atoms with Crippen LogP contribution >= 0.6 is 0 Å². The van der Waals surface area contributed by atoms with Crippen LogP contribution in [0.2, 0.25) is 0 Å². The summed E-state index contributed by atoms with van der Waals surface area (Å²) in [5, 5.41) is 11.0. The summed E-state index contributed by atoms with van der Waals surface area (Å²) in [6.45, 7) is 0. The molecule has 1 aromatic carbocycles. The first-order chi connectivity index (χ1) is 7.82. The first-order valence-corrected chi connectivity index (χ1v) is 5.96. The molecule has 0 spiro atoms. The van der Waals surface area contributed by atoms with Gasteiger partial charge in [-0.2, -0.15) is 0 Å². The molecule has 1 aromatic rings. The molecule has 3 aliphatic rings. The molecular weight excluding hydrogens is 196 g/mol. The molecule has 0 radical (unpaired) electrons. The predicted molar refractivity (Wildman–Crippen MR) is 62.6 cm³/mol. The molecule has 0 amide bonds. The first kappa shape index (κ1) is 8.77. The van der Waals surface area contributed by atoms with E-state index in [9.17, 15) is 5.11 Å². The summed E-state index contributed by atoms with van der Waals surface area (Å²) in [6.07, 6.45) is 8.87. The van der Waals surface area contributed by atoms with Crippen LogP contribution in [0, 0.1) is 23.7 Å². The Bertz CT molecular complexity index is 461. The summed E-state index contributed by atoms with van der Waals surface area (Å²) in [5.74, 6) is 1.78. The molecule has 1 N–H and O–H groups in total. The van der Waals surface area contributed by atoms with E-state index < -0.39 is 5.60 Å². The number of aliphatic hydroxyl groups is 1. The lowest BCUT2D eigenvalue weighted by molar-refractivity contribution is -0.0251. The molecule has 4 unspecified atom stereocenters. The Kier molecular flexibility index (Phi) is 1.46. The van der Waals surface area contributed by atoms with E-state index in [-0.39, 0.29) is 0 Å². The van der Waals surface area contributed by atoms with E-state index >= 15 is 0 Å². The summed E-state index contributed by atoms with van der Waals surface area (Å²) in [7, 11) is 0. The minimum atomic E-state index is -0.653. The number of hydrogen-bond acceptors (Lipinski definition) is 1. The van der Waals surface area contributed by atoms with Crippen LogP contribution in [0.15, 0.2) is 54.6 Å². The largest absolute Gasteiger partial charge is 0.384 e. The van der Waals surface area contributed by atoms with Crippen molar-refractivity contribution in [1.29, 1.82) is 0 Å². The Morgan fingerprint density at radius 3 is 1.81 bits per heavy atom. The summed E-state index contributed by atoms with van der Waals surface area (Å²) in [6, 6.07) is 10.1. The average Bonchev–Trinajstić information content (AvgIpc) is 2.33. The zero-order valence-corrected chi connectivity index (χ0v) is 8.95. The van der Waals surface area contributed by atoms with Gasteiger partial charge in [-0.1, -0.05) is 54.6 Å². The molecule has 1 heteroatoms. The van der Waals surface area contributed by atoms with Crippen molar-refractivity contribution in [2.75, 3.05) is 0 Å². The minimum absolute atomic E-state index is 0.319. The molecular formula is C15H14O. The standard InChI is InChI=1S/C15H14O/c16-15(10-4-2-1-3-5-10)13-8-6-11(13)12-7-9-14(12)15/h1-9,11-14,16H. The van der Waals surface area contributed by atoms with Gasteiger partial charge in [-0.3, -0.25) is 0 Å². The van der Waals surface area contributed by atoms with Gasteiger partial charge in [0, 0.05) is 11.8 Å². The molecule has 1 saturated carbocycles. The SMILES string of the molecule is OC1(c2ccccc2)C2C=CC2C2C=CC21. The van der Waals surface area contributed by atoms with Gasteiger partial charge in [-0.15, -0.1) is 0 Å². The van der Waals surface area contributed by atoms with Gasteiger partial charge in [0.2, 0.25) is 0 Å². The van der Waals surface area contributed by atoms with Crippen LogP contribution in [0.1, 0.15) is 5.56 Å². The Labute approximate surface area is 95.1 Å². The maximum atomic E-state index is 11.0. The van der Waals surface area contributed by atoms with E-state index in [4.69, 9.17) is 0 Å². The molecule has 0 bridgehead atoms. The fourth-order valence-corrected chi connectivity index (χ4v) is 3.63. The van der Waals surface area contributed by atoms with Crippen molar-refractivity contribution < 1.29 is 5.11 Å². The maximum absolute atomic E-state index is 11.0. The van der Waals surface area contributed by atoms with Crippen LogP contribution in [0.4, 0.5) is 0 Å². The Morgan fingerprint density at radius 2 is 1.38 bits per heavy atom.